The van der Waals surface area contributed by atoms with Crippen LogP contribution in [0.5, 0.6) is 0 Å². The molecule has 0 aromatic rings. The van der Waals surface area contributed by atoms with Crippen molar-refractivity contribution in [3.8, 4) is 0 Å². The normalized spacial score (nSPS) is 24.6. The largest absolute Gasteiger partial charge is 0.392 e. The monoisotopic (exact) mass is 270 g/mol. The van der Waals surface area contributed by atoms with E-state index in [1.165, 1.54) is 25.7 Å². The molecule has 3 N–H and O–H groups in total. The molecule has 0 spiro atoms. The molecule has 18 heavy (non-hydrogen) atoms. The Morgan fingerprint density at radius 3 is 2.33 bits per heavy atom. The van der Waals surface area contributed by atoms with E-state index in [4.69, 9.17) is 18.0 Å². The fraction of sp³-hybridized carbons (Fsp3) is 0.857. The smallest absolute Gasteiger partial charge is 0.232 e. The molecule has 0 unspecified atom stereocenters. The van der Waals surface area contributed by atoms with Crippen LogP contribution < -0.4 is 11.1 Å². The Kier molecular flexibility index (Phi) is 5.57. The van der Waals surface area contributed by atoms with Crippen molar-refractivity contribution in [3.63, 3.8) is 0 Å². The van der Waals surface area contributed by atoms with Gasteiger partial charge >= 0.3 is 0 Å². The Labute approximate surface area is 116 Å². The standard InChI is InChI=1S/C14H26N2OS/c1-4-5-10-6-8-11(9-7-10)16-13(17)14(2,3)12(15)18/h10-11H,4-9H2,1-3H3,(H2,15,18)(H,16,17). The average Bonchev–Trinajstić information content (AvgIpc) is 2.31. The van der Waals surface area contributed by atoms with Gasteiger partial charge in [0.2, 0.25) is 5.91 Å². The molecule has 1 aliphatic carbocycles. The van der Waals surface area contributed by atoms with Crippen molar-refractivity contribution >= 4 is 23.1 Å². The summed E-state index contributed by atoms with van der Waals surface area (Å²) in [5.41, 5.74) is 4.87. The lowest BCUT2D eigenvalue weighted by atomic mass is 9.83. The van der Waals surface area contributed by atoms with Crippen LogP contribution in [-0.2, 0) is 4.79 Å². The van der Waals surface area contributed by atoms with Crippen LogP contribution in [0, 0.1) is 11.3 Å². The van der Waals surface area contributed by atoms with Crippen molar-refractivity contribution in [3.05, 3.63) is 0 Å². The van der Waals surface area contributed by atoms with Gasteiger partial charge in [0, 0.05) is 6.04 Å². The van der Waals surface area contributed by atoms with E-state index >= 15 is 0 Å². The zero-order valence-corrected chi connectivity index (χ0v) is 12.6. The Morgan fingerprint density at radius 1 is 1.33 bits per heavy atom. The topological polar surface area (TPSA) is 55.1 Å². The molecule has 104 valence electrons. The van der Waals surface area contributed by atoms with E-state index in [9.17, 15) is 4.79 Å². The minimum Gasteiger partial charge on any atom is -0.392 e. The van der Waals surface area contributed by atoms with Crippen LogP contribution in [0.3, 0.4) is 0 Å². The maximum Gasteiger partial charge on any atom is 0.232 e. The third-order valence-electron chi connectivity index (χ3n) is 4.06. The van der Waals surface area contributed by atoms with Gasteiger partial charge in [-0.05, 0) is 45.4 Å². The molecular formula is C14H26N2OS. The Hall–Kier alpha value is -0.640. The van der Waals surface area contributed by atoms with E-state index < -0.39 is 5.41 Å². The number of rotatable bonds is 5. The van der Waals surface area contributed by atoms with Gasteiger partial charge in [0.05, 0.1) is 10.4 Å². The summed E-state index contributed by atoms with van der Waals surface area (Å²) in [6.45, 7) is 5.80. The van der Waals surface area contributed by atoms with Crippen LogP contribution in [0.25, 0.3) is 0 Å². The highest BCUT2D eigenvalue weighted by molar-refractivity contribution is 7.80. The van der Waals surface area contributed by atoms with Crippen LogP contribution in [-0.4, -0.2) is 16.9 Å². The molecule has 0 atom stereocenters. The first-order valence-corrected chi connectivity index (χ1v) is 7.39. The number of nitrogens with two attached hydrogens (primary N) is 1. The SMILES string of the molecule is CCCC1CCC(NC(=O)C(C)(C)C(N)=S)CC1. The zero-order chi connectivity index (χ0) is 13.8. The van der Waals surface area contributed by atoms with Crippen LogP contribution in [0.1, 0.15) is 59.3 Å². The fourth-order valence-electron chi connectivity index (χ4n) is 2.48. The second kappa shape index (κ2) is 6.50. The van der Waals surface area contributed by atoms with Crippen LogP contribution in [0.2, 0.25) is 0 Å². The molecule has 0 bridgehead atoms. The lowest BCUT2D eigenvalue weighted by molar-refractivity contribution is -0.127. The van der Waals surface area contributed by atoms with E-state index in [2.05, 4.69) is 12.2 Å². The molecule has 0 radical (unpaired) electrons. The van der Waals surface area contributed by atoms with Crippen molar-refractivity contribution in [1.82, 2.24) is 5.32 Å². The second-order valence-corrected chi connectivity index (χ2v) is 6.41. The molecule has 0 saturated heterocycles. The summed E-state index contributed by atoms with van der Waals surface area (Å²) in [5, 5.41) is 3.10. The Bertz CT molecular complexity index is 307. The Balaban J connectivity index is 2.41. The van der Waals surface area contributed by atoms with Gasteiger partial charge in [-0.2, -0.15) is 0 Å². The summed E-state index contributed by atoms with van der Waals surface area (Å²) in [6.07, 6.45) is 7.21. The maximum atomic E-state index is 12.1. The zero-order valence-electron chi connectivity index (χ0n) is 11.8. The lowest BCUT2D eigenvalue weighted by Gasteiger charge is -2.31. The lowest BCUT2D eigenvalue weighted by Crippen LogP contribution is -2.49. The summed E-state index contributed by atoms with van der Waals surface area (Å²) in [5.74, 6) is 0.820. The molecule has 1 fully saturated rings. The van der Waals surface area contributed by atoms with Gasteiger partial charge in [-0.3, -0.25) is 4.79 Å². The van der Waals surface area contributed by atoms with Crippen LogP contribution in [0.15, 0.2) is 0 Å². The van der Waals surface area contributed by atoms with E-state index in [0.717, 1.165) is 18.8 Å². The minimum atomic E-state index is -0.740. The number of thiocarbonyl (C=S) groups is 1. The number of nitrogens with one attached hydrogen (secondary N) is 1. The quantitative estimate of drug-likeness (QED) is 0.755. The highest BCUT2D eigenvalue weighted by atomic mass is 32.1. The van der Waals surface area contributed by atoms with Gasteiger partial charge in [-0.15, -0.1) is 0 Å². The van der Waals surface area contributed by atoms with Gasteiger partial charge in [0.1, 0.15) is 0 Å². The molecule has 0 aliphatic heterocycles. The first kappa shape index (κ1) is 15.4. The summed E-state index contributed by atoms with van der Waals surface area (Å²) >= 11 is 4.95. The number of hydrogen-bond acceptors (Lipinski definition) is 2. The van der Waals surface area contributed by atoms with E-state index in [1.54, 1.807) is 13.8 Å². The molecule has 0 heterocycles. The summed E-state index contributed by atoms with van der Waals surface area (Å²) in [6, 6.07) is 0.305. The van der Waals surface area contributed by atoms with Crippen LogP contribution in [0.4, 0.5) is 0 Å². The summed E-state index contributed by atoms with van der Waals surface area (Å²) in [7, 11) is 0. The average molecular weight is 270 g/mol. The number of carbonyl (C=O) groups excluding carboxylic acids is 1. The molecule has 1 saturated carbocycles. The van der Waals surface area contributed by atoms with E-state index in [0.29, 0.717) is 6.04 Å². The molecule has 3 nitrogen and oxygen atoms in total. The van der Waals surface area contributed by atoms with Crippen molar-refractivity contribution in [1.29, 1.82) is 0 Å². The Morgan fingerprint density at radius 2 is 1.89 bits per heavy atom. The van der Waals surface area contributed by atoms with Gasteiger partial charge in [0.15, 0.2) is 0 Å². The predicted octanol–water partition coefficient (Wildman–Crippen LogP) is 2.77. The molecule has 0 aromatic heterocycles. The third-order valence-corrected chi connectivity index (χ3v) is 4.57. The maximum absolute atomic E-state index is 12.1. The number of carbonyl (C=O) groups is 1. The molecular weight excluding hydrogens is 244 g/mol. The first-order chi connectivity index (χ1) is 8.37. The number of hydrogen-bond donors (Lipinski definition) is 2. The van der Waals surface area contributed by atoms with Crippen LogP contribution >= 0.6 is 12.2 Å². The summed E-state index contributed by atoms with van der Waals surface area (Å²) < 4.78 is 0. The number of amides is 1. The second-order valence-electron chi connectivity index (χ2n) is 5.97. The third kappa shape index (κ3) is 3.94. The van der Waals surface area contributed by atoms with E-state index in [-0.39, 0.29) is 10.9 Å². The van der Waals surface area contributed by atoms with Gasteiger partial charge in [-0.25, -0.2) is 0 Å². The van der Waals surface area contributed by atoms with Gasteiger partial charge < -0.3 is 11.1 Å². The molecule has 4 heteroatoms. The highest BCUT2D eigenvalue weighted by Gasteiger charge is 2.33. The van der Waals surface area contributed by atoms with Gasteiger partial charge in [0.25, 0.3) is 0 Å². The van der Waals surface area contributed by atoms with Crippen molar-refractivity contribution < 1.29 is 4.79 Å². The first-order valence-electron chi connectivity index (χ1n) is 6.98. The summed E-state index contributed by atoms with van der Waals surface area (Å²) in [4.78, 5) is 12.4. The molecule has 1 aliphatic rings. The van der Waals surface area contributed by atoms with E-state index in [1.807, 2.05) is 0 Å². The van der Waals surface area contributed by atoms with Crippen molar-refractivity contribution in [2.45, 2.75) is 65.3 Å². The minimum absolute atomic E-state index is 0.0334. The molecule has 0 aromatic carbocycles. The van der Waals surface area contributed by atoms with Gasteiger partial charge in [-0.1, -0.05) is 32.0 Å². The van der Waals surface area contributed by atoms with Crippen molar-refractivity contribution in [2.24, 2.45) is 17.1 Å². The highest BCUT2D eigenvalue weighted by Crippen LogP contribution is 2.28. The molecule has 1 amide bonds. The van der Waals surface area contributed by atoms with Crippen molar-refractivity contribution in [2.75, 3.05) is 0 Å². The predicted molar refractivity (Wildman–Crippen MR) is 79.4 cm³/mol. The fourth-order valence-corrected chi connectivity index (χ4v) is 2.57. The molecule has 1 rings (SSSR count).